The number of nitrogens with two attached hydrogens (primary N) is 1. The molecular weight excluding hydrogens is 198 g/mol. The van der Waals surface area contributed by atoms with Crippen LogP contribution in [0.2, 0.25) is 0 Å². The number of benzene rings is 1. The first-order valence-corrected chi connectivity index (χ1v) is 4.91. The molecule has 1 saturated heterocycles. The van der Waals surface area contributed by atoms with E-state index in [4.69, 9.17) is 5.73 Å². The predicted octanol–water partition coefficient (Wildman–Crippen LogP) is 1.50. The van der Waals surface area contributed by atoms with Crippen LogP contribution in [-0.2, 0) is 6.54 Å². The molecule has 1 aromatic rings. The van der Waals surface area contributed by atoms with Crippen LogP contribution in [-0.4, -0.2) is 23.5 Å². The first kappa shape index (κ1) is 10.5. The van der Waals surface area contributed by atoms with Crippen molar-refractivity contribution in [1.82, 2.24) is 4.90 Å². The SMILES string of the molecule is CC1(N)CN(Cc2cc(F)ccc2F)C1. The number of likely N-dealkylation sites (tertiary alicyclic amines) is 1. The minimum absolute atomic E-state index is 0.177. The van der Waals surface area contributed by atoms with Crippen LogP contribution < -0.4 is 5.73 Å². The van der Waals surface area contributed by atoms with E-state index in [0.717, 1.165) is 25.2 Å². The average Bonchev–Trinajstić information content (AvgIpc) is 2.08. The van der Waals surface area contributed by atoms with Crippen molar-refractivity contribution in [2.75, 3.05) is 13.1 Å². The average molecular weight is 212 g/mol. The molecule has 1 aliphatic heterocycles. The van der Waals surface area contributed by atoms with Gasteiger partial charge in [0.25, 0.3) is 0 Å². The Bertz CT molecular complexity index is 369. The van der Waals surface area contributed by atoms with Crippen molar-refractivity contribution >= 4 is 0 Å². The van der Waals surface area contributed by atoms with Gasteiger partial charge in [0.1, 0.15) is 11.6 Å². The highest BCUT2D eigenvalue weighted by atomic mass is 19.1. The first-order valence-electron chi connectivity index (χ1n) is 4.91. The lowest BCUT2D eigenvalue weighted by Crippen LogP contribution is -2.64. The predicted molar refractivity (Wildman–Crippen MR) is 54.2 cm³/mol. The zero-order valence-corrected chi connectivity index (χ0v) is 8.63. The maximum absolute atomic E-state index is 13.3. The van der Waals surface area contributed by atoms with E-state index >= 15 is 0 Å². The van der Waals surface area contributed by atoms with Crippen LogP contribution in [0.3, 0.4) is 0 Å². The van der Waals surface area contributed by atoms with Crippen LogP contribution in [0.4, 0.5) is 8.78 Å². The van der Waals surface area contributed by atoms with Crippen molar-refractivity contribution in [1.29, 1.82) is 0 Å². The van der Waals surface area contributed by atoms with E-state index in [2.05, 4.69) is 0 Å². The van der Waals surface area contributed by atoms with Gasteiger partial charge in [-0.2, -0.15) is 0 Å². The highest BCUT2D eigenvalue weighted by molar-refractivity contribution is 5.19. The fourth-order valence-electron chi connectivity index (χ4n) is 1.99. The second kappa shape index (κ2) is 3.54. The van der Waals surface area contributed by atoms with Crippen LogP contribution in [0.1, 0.15) is 12.5 Å². The summed E-state index contributed by atoms with van der Waals surface area (Å²) in [5, 5.41) is 0. The van der Waals surface area contributed by atoms with Gasteiger partial charge in [-0.1, -0.05) is 0 Å². The van der Waals surface area contributed by atoms with Crippen LogP contribution in [0.25, 0.3) is 0 Å². The molecular formula is C11H14F2N2. The lowest BCUT2D eigenvalue weighted by atomic mass is 9.93. The Morgan fingerprint density at radius 1 is 1.40 bits per heavy atom. The zero-order valence-electron chi connectivity index (χ0n) is 8.63. The number of hydrogen-bond acceptors (Lipinski definition) is 2. The van der Waals surface area contributed by atoms with Gasteiger partial charge in [-0.15, -0.1) is 0 Å². The van der Waals surface area contributed by atoms with Crippen LogP contribution in [0.15, 0.2) is 18.2 Å². The normalized spacial score (nSPS) is 20.0. The Labute approximate surface area is 87.7 Å². The van der Waals surface area contributed by atoms with Crippen LogP contribution in [0, 0.1) is 11.6 Å². The van der Waals surface area contributed by atoms with Gasteiger partial charge in [-0.05, 0) is 25.1 Å². The van der Waals surface area contributed by atoms with E-state index in [1.165, 1.54) is 6.07 Å². The summed E-state index contributed by atoms with van der Waals surface area (Å²) >= 11 is 0. The first-order chi connectivity index (χ1) is 6.96. The lowest BCUT2D eigenvalue weighted by molar-refractivity contribution is 0.0752. The molecule has 1 aliphatic rings. The number of halogens is 2. The Hall–Kier alpha value is -1.00. The summed E-state index contributed by atoms with van der Waals surface area (Å²) in [6, 6.07) is 3.52. The third-order valence-electron chi connectivity index (χ3n) is 2.57. The van der Waals surface area contributed by atoms with Crippen molar-refractivity contribution < 1.29 is 8.78 Å². The highest BCUT2D eigenvalue weighted by Gasteiger charge is 2.34. The molecule has 4 heteroatoms. The molecule has 0 aliphatic carbocycles. The lowest BCUT2D eigenvalue weighted by Gasteiger charge is -2.45. The summed E-state index contributed by atoms with van der Waals surface area (Å²) in [7, 11) is 0. The molecule has 0 atom stereocenters. The van der Waals surface area contributed by atoms with Crippen LogP contribution >= 0.6 is 0 Å². The minimum atomic E-state index is -0.401. The van der Waals surface area contributed by atoms with Gasteiger partial charge in [-0.25, -0.2) is 8.78 Å². The van der Waals surface area contributed by atoms with Crippen LogP contribution in [0.5, 0.6) is 0 Å². The van der Waals surface area contributed by atoms with Gasteiger partial charge in [-0.3, -0.25) is 4.90 Å². The monoisotopic (exact) mass is 212 g/mol. The second-order valence-corrected chi connectivity index (χ2v) is 4.53. The van der Waals surface area contributed by atoms with Gasteiger partial charge in [0, 0.05) is 30.7 Å². The Balaban J connectivity index is 2.03. The molecule has 2 rings (SSSR count). The van der Waals surface area contributed by atoms with E-state index < -0.39 is 5.82 Å². The summed E-state index contributed by atoms with van der Waals surface area (Å²) < 4.78 is 26.1. The van der Waals surface area contributed by atoms with E-state index in [9.17, 15) is 8.78 Å². The summed E-state index contributed by atoms with van der Waals surface area (Å²) in [6.07, 6.45) is 0. The van der Waals surface area contributed by atoms with Gasteiger partial charge in [0.15, 0.2) is 0 Å². The maximum Gasteiger partial charge on any atom is 0.127 e. The molecule has 0 spiro atoms. The third kappa shape index (κ3) is 2.33. The standard InChI is InChI=1S/C11H14F2N2/c1-11(14)6-15(7-11)5-8-4-9(12)2-3-10(8)13/h2-4H,5-7,14H2,1H3. The van der Waals surface area contributed by atoms with Crippen molar-refractivity contribution in [2.24, 2.45) is 5.73 Å². The molecule has 0 amide bonds. The Morgan fingerprint density at radius 2 is 2.07 bits per heavy atom. The molecule has 1 aromatic carbocycles. The third-order valence-corrected chi connectivity index (χ3v) is 2.57. The fraction of sp³-hybridized carbons (Fsp3) is 0.455. The highest BCUT2D eigenvalue weighted by Crippen LogP contribution is 2.21. The van der Waals surface area contributed by atoms with E-state index in [1.807, 2.05) is 11.8 Å². The molecule has 0 unspecified atom stereocenters. The molecule has 2 nitrogen and oxygen atoms in total. The van der Waals surface area contributed by atoms with Gasteiger partial charge in [0.05, 0.1) is 0 Å². The summed E-state index contributed by atoms with van der Waals surface area (Å²) in [6.45, 7) is 3.83. The summed E-state index contributed by atoms with van der Waals surface area (Å²) in [5.41, 5.74) is 6.04. The summed E-state index contributed by atoms with van der Waals surface area (Å²) in [4.78, 5) is 2.00. The van der Waals surface area contributed by atoms with E-state index in [-0.39, 0.29) is 11.4 Å². The Morgan fingerprint density at radius 3 is 2.67 bits per heavy atom. The van der Waals surface area contributed by atoms with Crippen molar-refractivity contribution in [3.63, 3.8) is 0 Å². The molecule has 0 bridgehead atoms. The summed E-state index contributed by atoms with van der Waals surface area (Å²) in [5.74, 6) is -0.760. The van der Waals surface area contributed by atoms with Gasteiger partial charge < -0.3 is 5.73 Å². The van der Waals surface area contributed by atoms with E-state index in [1.54, 1.807) is 0 Å². The molecule has 0 aromatic heterocycles. The molecule has 1 fully saturated rings. The second-order valence-electron chi connectivity index (χ2n) is 4.53. The number of rotatable bonds is 2. The molecule has 15 heavy (non-hydrogen) atoms. The minimum Gasteiger partial charge on any atom is -0.323 e. The molecule has 0 radical (unpaired) electrons. The molecule has 2 N–H and O–H groups in total. The quantitative estimate of drug-likeness (QED) is 0.805. The number of nitrogens with zero attached hydrogens (tertiary/aromatic N) is 1. The zero-order chi connectivity index (χ0) is 11.1. The maximum atomic E-state index is 13.3. The van der Waals surface area contributed by atoms with Crippen molar-refractivity contribution in [3.8, 4) is 0 Å². The fourth-order valence-corrected chi connectivity index (χ4v) is 1.99. The van der Waals surface area contributed by atoms with Crippen molar-refractivity contribution in [2.45, 2.75) is 19.0 Å². The molecule has 0 saturated carbocycles. The number of hydrogen-bond donors (Lipinski definition) is 1. The largest absolute Gasteiger partial charge is 0.323 e. The smallest absolute Gasteiger partial charge is 0.127 e. The molecule has 82 valence electrons. The van der Waals surface area contributed by atoms with Gasteiger partial charge in [0.2, 0.25) is 0 Å². The van der Waals surface area contributed by atoms with E-state index in [0.29, 0.717) is 12.1 Å². The topological polar surface area (TPSA) is 29.3 Å². The van der Waals surface area contributed by atoms with Gasteiger partial charge >= 0.3 is 0 Å². The van der Waals surface area contributed by atoms with Crippen molar-refractivity contribution in [3.05, 3.63) is 35.4 Å². The molecule has 1 heterocycles. The Kier molecular flexibility index (Phi) is 2.48.